The molecule has 0 unspecified atom stereocenters. The Labute approximate surface area is 85.3 Å². The van der Waals surface area contributed by atoms with Crippen LogP contribution in [-0.4, -0.2) is 19.6 Å². The Kier molecular flexibility index (Phi) is 2.10. The highest BCUT2D eigenvalue weighted by Gasteiger charge is 2.03. The van der Waals surface area contributed by atoms with Crippen LogP contribution in [0.25, 0.3) is 5.65 Å². The van der Waals surface area contributed by atoms with E-state index in [0.29, 0.717) is 10.1 Å². The van der Waals surface area contributed by atoms with Crippen molar-refractivity contribution in [3.05, 3.63) is 22.8 Å². The zero-order valence-corrected chi connectivity index (χ0v) is 9.08. The molecule has 6 heteroatoms. The molecule has 0 amide bonds. The van der Waals surface area contributed by atoms with Gasteiger partial charge in [-0.05, 0) is 15.9 Å². The van der Waals surface area contributed by atoms with Crippen LogP contribution in [0.15, 0.2) is 17.0 Å². The SMILES string of the molecule is BrCc1nccc2nc(Br)nn12. The van der Waals surface area contributed by atoms with Gasteiger partial charge in [0.2, 0.25) is 4.73 Å². The number of hydrogen-bond acceptors (Lipinski definition) is 3. The van der Waals surface area contributed by atoms with Crippen molar-refractivity contribution in [2.45, 2.75) is 5.33 Å². The maximum absolute atomic E-state index is 4.13. The lowest BCUT2D eigenvalue weighted by Gasteiger charge is -1.95. The Hall–Kier alpha value is -0.490. The van der Waals surface area contributed by atoms with Gasteiger partial charge in [-0.25, -0.2) is 9.97 Å². The van der Waals surface area contributed by atoms with E-state index in [1.165, 1.54) is 0 Å². The number of halogens is 2. The average molecular weight is 292 g/mol. The van der Waals surface area contributed by atoms with Gasteiger partial charge in [-0.1, -0.05) is 15.9 Å². The summed E-state index contributed by atoms with van der Waals surface area (Å²) in [5.41, 5.74) is 0.798. The van der Waals surface area contributed by atoms with Crippen molar-refractivity contribution in [3.8, 4) is 0 Å². The van der Waals surface area contributed by atoms with Gasteiger partial charge in [-0.3, -0.25) is 0 Å². The first kappa shape index (κ1) is 8.12. The summed E-state index contributed by atoms with van der Waals surface area (Å²) in [7, 11) is 0. The summed E-state index contributed by atoms with van der Waals surface area (Å²) in [6.45, 7) is 0. The van der Waals surface area contributed by atoms with E-state index >= 15 is 0 Å². The fourth-order valence-electron chi connectivity index (χ4n) is 0.932. The zero-order valence-electron chi connectivity index (χ0n) is 5.91. The lowest BCUT2D eigenvalue weighted by atomic mass is 10.6. The van der Waals surface area contributed by atoms with Gasteiger partial charge in [0.1, 0.15) is 5.82 Å². The minimum Gasteiger partial charge on any atom is -0.240 e. The third-order valence-corrected chi connectivity index (χ3v) is 2.25. The van der Waals surface area contributed by atoms with Crippen molar-refractivity contribution < 1.29 is 0 Å². The molecule has 0 N–H and O–H groups in total. The molecule has 12 heavy (non-hydrogen) atoms. The van der Waals surface area contributed by atoms with Crippen LogP contribution in [0.4, 0.5) is 0 Å². The third-order valence-electron chi connectivity index (χ3n) is 1.42. The summed E-state index contributed by atoms with van der Waals surface area (Å²) in [5, 5.41) is 4.78. The van der Waals surface area contributed by atoms with E-state index in [1.807, 2.05) is 6.07 Å². The summed E-state index contributed by atoms with van der Waals surface area (Å²) >= 11 is 6.52. The Morgan fingerprint density at radius 2 is 2.33 bits per heavy atom. The number of fused-ring (bicyclic) bond motifs is 1. The minimum absolute atomic E-state index is 0.581. The minimum atomic E-state index is 0.581. The van der Waals surface area contributed by atoms with Crippen molar-refractivity contribution in [2.75, 3.05) is 0 Å². The van der Waals surface area contributed by atoms with Gasteiger partial charge < -0.3 is 0 Å². The monoisotopic (exact) mass is 290 g/mol. The van der Waals surface area contributed by atoms with E-state index < -0.39 is 0 Å². The van der Waals surface area contributed by atoms with Crippen LogP contribution in [0.2, 0.25) is 0 Å². The summed E-state index contributed by atoms with van der Waals surface area (Å²) in [6, 6.07) is 1.81. The fourth-order valence-corrected chi connectivity index (χ4v) is 1.65. The van der Waals surface area contributed by atoms with Gasteiger partial charge in [0, 0.05) is 12.3 Å². The van der Waals surface area contributed by atoms with Crippen LogP contribution >= 0.6 is 31.9 Å². The van der Waals surface area contributed by atoms with Gasteiger partial charge >= 0.3 is 0 Å². The Morgan fingerprint density at radius 3 is 3.08 bits per heavy atom. The molecule has 0 atom stereocenters. The molecular weight excluding hydrogens is 288 g/mol. The lowest BCUT2D eigenvalue weighted by molar-refractivity contribution is 0.849. The van der Waals surface area contributed by atoms with Crippen LogP contribution < -0.4 is 0 Å². The smallest absolute Gasteiger partial charge is 0.218 e. The molecule has 0 spiro atoms. The normalized spacial score (nSPS) is 10.8. The maximum atomic E-state index is 4.13. The van der Waals surface area contributed by atoms with E-state index in [2.05, 4.69) is 46.9 Å². The van der Waals surface area contributed by atoms with E-state index in [4.69, 9.17) is 0 Å². The Balaban J connectivity index is 2.78. The number of hydrogen-bond donors (Lipinski definition) is 0. The van der Waals surface area contributed by atoms with E-state index in [0.717, 1.165) is 11.5 Å². The molecule has 2 aromatic rings. The average Bonchev–Trinajstić information content (AvgIpc) is 2.44. The maximum Gasteiger partial charge on any atom is 0.218 e. The third kappa shape index (κ3) is 1.25. The Bertz CT molecular complexity index is 411. The molecule has 0 bridgehead atoms. The zero-order chi connectivity index (χ0) is 8.55. The summed E-state index contributed by atoms with van der Waals surface area (Å²) in [6.07, 6.45) is 1.72. The number of rotatable bonds is 1. The molecule has 62 valence electrons. The molecular formula is C6H4Br2N4. The number of aromatic nitrogens is 4. The van der Waals surface area contributed by atoms with Crippen LogP contribution in [0.3, 0.4) is 0 Å². The van der Waals surface area contributed by atoms with Crippen molar-refractivity contribution in [1.82, 2.24) is 19.6 Å². The van der Waals surface area contributed by atoms with Gasteiger partial charge in [-0.15, -0.1) is 5.10 Å². The summed E-state index contributed by atoms with van der Waals surface area (Å²) in [4.78, 5) is 8.26. The molecule has 0 aliphatic heterocycles. The molecule has 0 radical (unpaired) electrons. The second-order valence-corrected chi connectivity index (χ2v) is 3.42. The quantitative estimate of drug-likeness (QED) is 0.752. The van der Waals surface area contributed by atoms with Gasteiger partial charge in [0.05, 0.1) is 5.33 Å². The van der Waals surface area contributed by atoms with Crippen LogP contribution in [-0.2, 0) is 5.33 Å². The molecule has 0 aliphatic rings. The fraction of sp³-hybridized carbons (Fsp3) is 0.167. The van der Waals surface area contributed by atoms with Crippen molar-refractivity contribution in [3.63, 3.8) is 0 Å². The molecule has 0 saturated heterocycles. The first-order valence-electron chi connectivity index (χ1n) is 3.23. The highest BCUT2D eigenvalue weighted by atomic mass is 79.9. The van der Waals surface area contributed by atoms with Crippen molar-refractivity contribution in [2.24, 2.45) is 0 Å². The standard InChI is InChI=1S/C6H4Br2N4/c7-3-5-9-2-1-4-10-6(8)11-12(4)5/h1-2H,3H2. The van der Waals surface area contributed by atoms with Crippen molar-refractivity contribution in [1.29, 1.82) is 0 Å². The molecule has 2 heterocycles. The Morgan fingerprint density at radius 1 is 1.50 bits per heavy atom. The second kappa shape index (κ2) is 3.10. The molecule has 2 aromatic heterocycles. The highest BCUT2D eigenvalue weighted by Crippen LogP contribution is 2.09. The lowest BCUT2D eigenvalue weighted by Crippen LogP contribution is -1.98. The van der Waals surface area contributed by atoms with Crippen molar-refractivity contribution >= 4 is 37.5 Å². The largest absolute Gasteiger partial charge is 0.240 e. The molecule has 2 rings (SSSR count). The van der Waals surface area contributed by atoms with E-state index in [9.17, 15) is 0 Å². The van der Waals surface area contributed by atoms with Gasteiger partial charge in [0.25, 0.3) is 0 Å². The number of alkyl halides is 1. The molecule has 0 fully saturated rings. The number of nitrogens with zero attached hydrogens (tertiary/aromatic N) is 4. The predicted octanol–water partition coefficient (Wildman–Crippen LogP) is 1.78. The second-order valence-electron chi connectivity index (χ2n) is 2.15. The van der Waals surface area contributed by atoms with E-state index in [-0.39, 0.29) is 0 Å². The van der Waals surface area contributed by atoms with Gasteiger partial charge in [-0.2, -0.15) is 4.52 Å². The summed E-state index contributed by atoms with van der Waals surface area (Å²) in [5.74, 6) is 0.839. The topological polar surface area (TPSA) is 43.1 Å². The highest BCUT2D eigenvalue weighted by molar-refractivity contribution is 9.10. The first-order chi connectivity index (χ1) is 5.81. The molecule has 0 aromatic carbocycles. The van der Waals surface area contributed by atoms with Crippen LogP contribution in [0.1, 0.15) is 5.82 Å². The van der Waals surface area contributed by atoms with E-state index in [1.54, 1.807) is 10.7 Å². The van der Waals surface area contributed by atoms with Crippen LogP contribution in [0, 0.1) is 0 Å². The molecule has 0 aliphatic carbocycles. The van der Waals surface area contributed by atoms with Crippen LogP contribution in [0.5, 0.6) is 0 Å². The molecule has 0 saturated carbocycles. The van der Waals surface area contributed by atoms with Gasteiger partial charge in [0.15, 0.2) is 5.65 Å². The first-order valence-corrected chi connectivity index (χ1v) is 5.15. The molecule has 4 nitrogen and oxygen atoms in total. The summed E-state index contributed by atoms with van der Waals surface area (Å²) < 4.78 is 2.27. The predicted molar refractivity (Wildman–Crippen MR) is 51.1 cm³/mol.